The molecule has 1 heteroatoms. The molecule has 0 aliphatic rings. The van der Waals surface area contributed by atoms with Crippen molar-refractivity contribution < 1.29 is 5.11 Å². The minimum absolute atomic E-state index is 0.259. The van der Waals surface area contributed by atoms with Gasteiger partial charge in [-0.25, -0.2) is 0 Å². The van der Waals surface area contributed by atoms with Crippen LogP contribution >= 0.6 is 0 Å². The Morgan fingerprint density at radius 1 is 1.13 bits per heavy atom. The van der Waals surface area contributed by atoms with E-state index >= 15 is 0 Å². The number of aryl methyl sites for hydroxylation is 1. The smallest absolute Gasteiger partial charge is 0.0552 e. The first-order valence-corrected chi connectivity index (χ1v) is 5.70. The van der Waals surface area contributed by atoms with Gasteiger partial charge >= 0.3 is 0 Å². The van der Waals surface area contributed by atoms with Crippen LogP contribution in [0.1, 0.15) is 48.9 Å². The first-order valence-electron chi connectivity index (χ1n) is 5.70. The molecule has 0 radical (unpaired) electrons. The molecule has 1 nitrogen and oxygen atoms in total. The molecule has 0 saturated carbocycles. The highest BCUT2D eigenvalue weighted by molar-refractivity contribution is 5.39. The van der Waals surface area contributed by atoms with E-state index in [0.29, 0.717) is 5.92 Å². The SMILES string of the molecule is Cc1cc(C(C)C)cc(CC(C)O)c1C. The van der Waals surface area contributed by atoms with Crippen LogP contribution in [0.3, 0.4) is 0 Å². The van der Waals surface area contributed by atoms with Crippen LogP contribution in [0.15, 0.2) is 12.1 Å². The number of aliphatic hydroxyl groups excluding tert-OH is 1. The molecule has 15 heavy (non-hydrogen) atoms. The second-order valence-corrected chi connectivity index (χ2v) is 4.83. The van der Waals surface area contributed by atoms with E-state index in [1.807, 2.05) is 6.92 Å². The molecule has 0 fully saturated rings. The molecule has 1 aromatic carbocycles. The van der Waals surface area contributed by atoms with Gasteiger partial charge in [-0.1, -0.05) is 26.0 Å². The number of benzene rings is 1. The van der Waals surface area contributed by atoms with E-state index in [0.717, 1.165) is 6.42 Å². The zero-order valence-corrected chi connectivity index (χ0v) is 10.5. The van der Waals surface area contributed by atoms with Crippen LogP contribution in [0, 0.1) is 13.8 Å². The van der Waals surface area contributed by atoms with Crippen molar-refractivity contribution in [1.82, 2.24) is 0 Å². The third kappa shape index (κ3) is 3.07. The number of rotatable bonds is 3. The van der Waals surface area contributed by atoms with Crippen molar-refractivity contribution in [2.75, 3.05) is 0 Å². The Balaban J connectivity index is 3.13. The molecule has 0 aromatic heterocycles. The summed E-state index contributed by atoms with van der Waals surface area (Å²) < 4.78 is 0. The summed E-state index contributed by atoms with van der Waals surface area (Å²) >= 11 is 0. The highest BCUT2D eigenvalue weighted by Gasteiger charge is 2.08. The van der Waals surface area contributed by atoms with Gasteiger partial charge in [0, 0.05) is 0 Å². The summed E-state index contributed by atoms with van der Waals surface area (Å²) in [6.45, 7) is 10.5. The fourth-order valence-electron chi connectivity index (χ4n) is 1.83. The van der Waals surface area contributed by atoms with Crippen LogP contribution in [-0.4, -0.2) is 11.2 Å². The lowest BCUT2D eigenvalue weighted by atomic mass is 9.92. The highest BCUT2D eigenvalue weighted by Crippen LogP contribution is 2.23. The summed E-state index contributed by atoms with van der Waals surface area (Å²) in [5.74, 6) is 0.553. The van der Waals surface area contributed by atoms with Crippen molar-refractivity contribution in [3.8, 4) is 0 Å². The molecular weight excluding hydrogens is 184 g/mol. The lowest BCUT2D eigenvalue weighted by Gasteiger charge is -2.15. The minimum atomic E-state index is -0.259. The summed E-state index contributed by atoms with van der Waals surface area (Å²) in [6.07, 6.45) is 0.498. The first kappa shape index (κ1) is 12.3. The highest BCUT2D eigenvalue weighted by atomic mass is 16.3. The van der Waals surface area contributed by atoms with Crippen LogP contribution in [0.5, 0.6) is 0 Å². The van der Waals surface area contributed by atoms with Gasteiger partial charge < -0.3 is 5.11 Å². The summed E-state index contributed by atoms with van der Waals surface area (Å²) in [5.41, 5.74) is 5.31. The third-order valence-electron chi connectivity index (χ3n) is 2.98. The minimum Gasteiger partial charge on any atom is -0.393 e. The quantitative estimate of drug-likeness (QED) is 0.804. The van der Waals surface area contributed by atoms with Gasteiger partial charge in [0.15, 0.2) is 0 Å². The Bertz CT molecular complexity index is 337. The zero-order valence-electron chi connectivity index (χ0n) is 10.5. The van der Waals surface area contributed by atoms with Gasteiger partial charge in [-0.15, -0.1) is 0 Å². The predicted octanol–water partition coefficient (Wildman–Crippen LogP) is 3.35. The van der Waals surface area contributed by atoms with Crippen molar-refractivity contribution in [3.05, 3.63) is 34.4 Å². The lowest BCUT2D eigenvalue weighted by molar-refractivity contribution is 0.195. The maximum absolute atomic E-state index is 9.45. The average Bonchev–Trinajstić information content (AvgIpc) is 2.11. The van der Waals surface area contributed by atoms with E-state index in [1.54, 1.807) is 0 Å². The van der Waals surface area contributed by atoms with Crippen LogP contribution < -0.4 is 0 Å². The van der Waals surface area contributed by atoms with E-state index in [2.05, 4.69) is 39.8 Å². The largest absolute Gasteiger partial charge is 0.393 e. The molecule has 0 heterocycles. The Hall–Kier alpha value is -0.820. The first-order chi connectivity index (χ1) is 6.91. The maximum Gasteiger partial charge on any atom is 0.0552 e. The predicted molar refractivity (Wildman–Crippen MR) is 65.4 cm³/mol. The molecule has 84 valence electrons. The van der Waals surface area contributed by atoms with Crippen LogP contribution in [0.2, 0.25) is 0 Å². The van der Waals surface area contributed by atoms with Gasteiger partial charge in [0.2, 0.25) is 0 Å². The van der Waals surface area contributed by atoms with E-state index in [9.17, 15) is 5.11 Å². The van der Waals surface area contributed by atoms with Gasteiger partial charge in [-0.2, -0.15) is 0 Å². The third-order valence-corrected chi connectivity index (χ3v) is 2.98. The summed E-state index contributed by atoms with van der Waals surface area (Å²) in [5, 5.41) is 9.45. The Labute approximate surface area is 93.1 Å². The monoisotopic (exact) mass is 206 g/mol. The Morgan fingerprint density at radius 2 is 1.73 bits per heavy atom. The van der Waals surface area contributed by atoms with Gasteiger partial charge in [0.25, 0.3) is 0 Å². The maximum atomic E-state index is 9.45. The molecule has 1 aromatic rings. The van der Waals surface area contributed by atoms with Crippen LogP contribution in [-0.2, 0) is 6.42 Å². The molecule has 1 unspecified atom stereocenters. The van der Waals surface area contributed by atoms with E-state index < -0.39 is 0 Å². The molecule has 1 rings (SSSR count). The normalized spacial score (nSPS) is 13.3. The second-order valence-electron chi connectivity index (χ2n) is 4.83. The molecule has 1 atom stereocenters. The van der Waals surface area contributed by atoms with Crippen LogP contribution in [0.4, 0.5) is 0 Å². The molecular formula is C14H22O. The average molecular weight is 206 g/mol. The van der Waals surface area contributed by atoms with E-state index in [1.165, 1.54) is 22.3 Å². The molecule has 0 bridgehead atoms. The molecule has 0 amide bonds. The molecule has 1 N–H and O–H groups in total. The summed E-state index contributed by atoms with van der Waals surface area (Å²) in [6, 6.07) is 4.49. The zero-order chi connectivity index (χ0) is 11.6. The van der Waals surface area contributed by atoms with Crippen molar-refractivity contribution in [2.24, 2.45) is 0 Å². The van der Waals surface area contributed by atoms with Crippen molar-refractivity contribution >= 4 is 0 Å². The second kappa shape index (κ2) is 4.80. The standard InChI is InChI=1S/C14H22O/c1-9(2)13-6-10(3)12(5)14(8-13)7-11(4)15/h6,8-9,11,15H,7H2,1-5H3. The fourth-order valence-corrected chi connectivity index (χ4v) is 1.83. The fraction of sp³-hybridized carbons (Fsp3) is 0.571. The molecule has 0 saturated heterocycles. The number of hydrogen-bond acceptors (Lipinski definition) is 1. The topological polar surface area (TPSA) is 20.2 Å². The lowest BCUT2D eigenvalue weighted by Crippen LogP contribution is -2.07. The van der Waals surface area contributed by atoms with Crippen molar-refractivity contribution in [3.63, 3.8) is 0 Å². The summed E-state index contributed by atoms with van der Waals surface area (Å²) in [4.78, 5) is 0. The van der Waals surface area contributed by atoms with Crippen LogP contribution in [0.25, 0.3) is 0 Å². The van der Waals surface area contributed by atoms with Gasteiger partial charge in [-0.3, -0.25) is 0 Å². The number of aliphatic hydroxyl groups is 1. The van der Waals surface area contributed by atoms with E-state index in [-0.39, 0.29) is 6.10 Å². The van der Waals surface area contributed by atoms with Gasteiger partial charge in [0.05, 0.1) is 6.10 Å². The van der Waals surface area contributed by atoms with Gasteiger partial charge in [-0.05, 0) is 55.4 Å². The van der Waals surface area contributed by atoms with Crippen molar-refractivity contribution in [2.45, 2.75) is 53.1 Å². The molecule has 0 spiro atoms. The molecule has 0 aliphatic carbocycles. The Morgan fingerprint density at radius 3 is 2.20 bits per heavy atom. The Kier molecular flexibility index (Phi) is 3.92. The summed E-state index contributed by atoms with van der Waals surface area (Å²) in [7, 11) is 0. The van der Waals surface area contributed by atoms with Crippen molar-refractivity contribution in [1.29, 1.82) is 0 Å². The molecule has 0 aliphatic heterocycles. The van der Waals surface area contributed by atoms with E-state index in [4.69, 9.17) is 0 Å². The number of hydrogen-bond donors (Lipinski definition) is 1. The van der Waals surface area contributed by atoms with Gasteiger partial charge in [0.1, 0.15) is 0 Å².